The smallest absolute Gasteiger partial charge is 0.257 e. The zero-order valence-corrected chi connectivity index (χ0v) is 10.2. The van der Waals surface area contributed by atoms with Crippen molar-refractivity contribution < 1.29 is 9.53 Å². The molecule has 0 aromatic heterocycles. The third-order valence-corrected chi connectivity index (χ3v) is 2.85. The number of rotatable bonds is 3. The summed E-state index contributed by atoms with van der Waals surface area (Å²) in [6.07, 6.45) is -0.450. The minimum atomic E-state index is -0.450. The number of hydrogen-bond acceptors (Lipinski definition) is 4. The molecule has 2 rings (SSSR count). The van der Waals surface area contributed by atoms with E-state index in [0.29, 0.717) is 25.3 Å². The first-order valence-corrected chi connectivity index (χ1v) is 5.84. The van der Waals surface area contributed by atoms with Crippen molar-refractivity contribution >= 4 is 11.6 Å². The van der Waals surface area contributed by atoms with Crippen LogP contribution in [0.2, 0.25) is 0 Å². The van der Waals surface area contributed by atoms with E-state index in [1.807, 2.05) is 6.07 Å². The summed E-state index contributed by atoms with van der Waals surface area (Å²) in [4.78, 5) is 13.9. The van der Waals surface area contributed by atoms with Crippen molar-refractivity contribution in [3.8, 4) is 6.07 Å². The van der Waals surface area contributed by atoms with Crippen LogP contribution in [0.1, 0.15) is 5.56 Å². The number of nitrogens with one attached hydrogen (secondary N) is 1. The predicted molar refractivity (Wildman–Crippen MR) is 67.2 cm³/mol. The first kappa shape index (κ1) is 12.6. The Morgan fingerprint density at radius 1 is 1.61 bits per heavy atom. The van der Waals surface area contributed by atoms with Gasteiger partial charge in [0.25, 0.3) is 5.91 Å². The molecule has 1 unspecified atom stereocenters. The second-order valence-corrected chi connectivity index (χ2v) is 4.07. The second kappa shape index (κ2) is 5.63. The van der Waals surface area contributed by atoms with Gasteiger partial charge in [-0.2, -0.15) is 5.26 Å². The number of hydrogen-bond donors (Lipinski definition) is 1. The molecular formula is C13H15N3O2. The van der Waals surface area contributed by atoms with Gasteiger partial charge in [0.2, 0.25) is 0 Å². The van der Waals surface area contributed by atoms with Crippen molar-refractivity contribution in [3.63, 3.8) is 0 Å². The third kappa shape index (κ3) is 2.50. The summed E-state index contributed by atoms with van der Waals surface area (Å²) < 4.78 is 5.42. The monoisotopic (exact) mass is 245 g/mol. The maximum atomic E-state index is 12.2. The van der Waals surface area contributed by atoms with Crippen LogP contribution in [0.4, 0.5) is 5.69 Å². The van der Waals surface area contributed by atoms with Gasteiger partial charge in [0.15, 0.2) is 0 Å². The fourth-order valence-electron chi connectivity index (χ4n) is 1.97. The quantitative estimate of drug-likeness (QED) is 0.842. The average Bonchev–Trinajstić information content (AvgIpc) is 2.41. The number of benzene rings is 1. The number of carbonyl (C=O) groups excluding carboxylic acids is 1. The van der Waals surface area contributed by atoms with E-state index < -0.39 is 6.10 Å². The molecule has 0 radical (unpaired) electrons. The molecule has 5 heteroatoms. The molecule has 1 aromatic carbocycles. The number of likely N-dealkylation sites (N-methyl/N-ethyl adjacent to an activating group) is 1. The van der Waals surface area contributed by atoms with E-state index in [2.05, 4.69) is 11.4 Å². The van der Waals surface area contributed by atoms with Crippen molar-refractivity contribution in [2.45, 2.75) is 6.10 Å². The number of carbonyl (C=O) groups is 1. The van der Waals surface area contributed by atoms with Crippen molar-refractivity contribution in [3.05, 3.63) is 29.8 Å². The van der Waals surface area contributed by atoms with E-state index in [0.717, 1.165) is 5.69 Å². The molecule has 0 spiro atoms. The maximum absolute atomic E-state index is 12.2. The summed E-state index contributed by atoms with van der Waals surface area (Å²) in [6.45, 7) is 1.52. The number of amides is 1. The molecule has 1 heterocycles. The Balaban J connectivity index is 2.21. The molecule has 94 valence electrons. The highest BCUT2D eigenvalue weighted by molar-refractivity contribution is 5.97. The summed E-state index contributed by atoms with van der Waals surface area (Å²) in [6, 6.07) is 9.13. The summed E-state index contributed by atoms with van der Waals surface area (Å²) in [7, 11) is 1.78. The van der Waals surface area contributed by atoms with Crippen LogP contribution in [0.25, 0.3) is 0 Å². The SMILES string of the molecule is CNCC1OCCN(c2cccc(C#N)c2)C1=O. The molecule has 1 atom stereocenters. The average molecular weight is 245 g/mol. The fourth-order valence-corrected chi connectivity index (χ4v) is 1.97. The van der Waals surface area contributed by atoms with E-state index in [1.54, 1.807) is 30.1 Å². The zero-order chi connectivity index (χ0) is 13.0. The number of ether oxygens (including phenoxy) is 1. The van der Waals surface area contributed by atoms with Gasteiger partial charge in [0.1, 0.15) is 6.10 Å². The molecule has 0 bridgehead atoms. The Morgan fingerprint density at radius 3 is 3.17 bits per heavy atom. The van der Waals surface area contributed by atoms with Crippen LogP contribution in [0.5, 0.6) is 0 Å². The van der Waals surface area contributed by atoms with Gasteiger partial charge in [0.05, 0.1) is 18.2 Å². The largest absolute Gasteiger partial charge is 0.365 e. The van der Waals surface area contributed by atoms with Gasteiger partial charge >= 0.3 is 0 Å². The molecule has 0 aliphatic carbocycles. The molecule has 1 aliphatic heterocycles. The van der Waals surface area contributed by atoms with E-state index in [-0.39, 0.29) is 5.91 Å². The molecule has 1 aromatic rings. The Labute approximate surface area is 106 Å². The normalized spacial score (nSPS) is 19.7. The van der Waals surface area contributed by atoms with Crippen LogP contribution in [-0.2, 0) is 9.53 Å². The van der Waals surface area contributed by atoms with Crippen LogP contribution in [0.15, 0.2) is 24.3 Å². The second-order valence-electron chi connectivity index (χ2n) is 4.07. The van der Waals surface area contributed by atoms with Gasteiger partial charge in [-0.15, -0.1) is 0 Å². The summed E-state index contributed by atoms with van der Waals surface area (Å²) >= 11 is 0. The molecule has 1 saturated heterocycles. The highest BCUT2D eigenvalue weighted by Crippen LogP contribution is 2.19. The molecule has 1 N–H and O–H groups in total. The van der Waals surface area contributed by atoms with Gasteiger partial charge < -0.3 is 15.0 Å². The van der Waals surface area contributed by atoms with Crippen molar-refractivity contribution in [2.24, 2.45) is 0 Å². The summed E-state index contributed by atoms with van der Waals surface area (Å²) in [5, 5.41) is 11.8. The first-order chi connectivity index (χ1) is 8.76. The van der Waals surface area contributed by atoms with Crippen molar-refractivity contribution in [1.82, 2.24) is 5.32 Å². The maximum Gasteiger partial charge on any atom is 0.257 e. The van der Waals surface area contributed by atoms with Gasteiger partial charge in [-0.25, -0.2) is 0 Å². The van der Waals surface area contributed by atoms with Crippen LogP contribution in [0, 0.1) is 11.3 Å². The third-order valence-electron chi connectivity index (χ3n) is 2.85. The van der Waals surface area contributed by atoms with Gasteiger partial charge in [0, 0.05) is 18.8 Å². The van der Waals surface area contributed by atoms with Crippen LogP contribution < -0.4 is 10.2 Å². The molecule has 1 aliphatic rings. The molecule has 1 fully saturated rings. The number of anilines is 1. The predicted octanol–water partition coefficient (Wildman–Crippen LogP) is 0.509. The van der Waals surface area contributed by atoms with E-state index >= 15 is 0 Å². The summed E-state index contributed by atoms with van der Waals surface area (Å²) in [5.74, 6) is -0.0642. The molecule has 5 nitrogen and oxygen atoms in total. The minimum Gasteiger partial charge on any atom is -0.365 e. The highest BCUT2D eigenvalue weighted by atomic mass is 16.5. The van der Waals surface area contributed by atoms with E-state index in [9.17, 15) is 4.79 Å². The Hall–Kier alpha value is -1.90. The van der Waals surface area contributed by atoms with E-state index in [4.69, 9.17) is 10.00 Å². The molecular weight excluding hydrogens is 230 g/mol. The topological polar surface area (TPSA) is 65.4 Å². The highest BCUT2D eigenvalue weighted by Gasteiger charge is 2.29. The Morgan fingerprint density at radius 2 is 2.44 bits per heavy atom. The number of morpholine rings is 1. The molecule has 1 amide bonds. The van der Waals surface area contributed by atoms with Crippen LogP contribution in [-0.4, -0.2) is 38.8 Å². The van der Waals surface area contributed by atoms with Crippen LogP contribution >= 0.6 is 0 Å². The number of nitriles is 1. The molecule has 0 saturated carbocycles. The van der Waals surface area contributed by atoms with Gasteiger partial charge in [-0.1, -0.05) is 6.07 Å². The van der Waals surface area contributed by atoms with Crippen molar-refractivity contribution in [2.75, 3.05) is 31.6 Å². The lowest BCUT2D eigenvalue weighted by atomic mass is 10.1. The van der Waals surface area contributed by atoms with Crippen LogP contribution in [0.3, 0.4) is 0 Å². The van der Waals surface area contributed by atoms with Crippen molar-refractivity contribution in [1.29, 1.82) is 5.26 Å². The fraction of sp³-hybridized carbons (Fsp3) is 0.385. The number of nitrogens with zero attached hydrogens (tertiary/aromatic N) is 2. The van der Waals surface area contributed by atoms with Gasteiger partial charge in [-0.3, -0.25) is 4.79 Å². The zero-order valence-electron chi connectivity index (χ0n) is 10.2. The standard InChI is InChI=1S/C13H15N3O2/c1-15-9-12-13(17)16(5-6-18-12)11-4-2-3-10(7-11)8-14/h2-4,7,12,15H,5-6,9H2,1H3. The lowest BCUT2D eigenvalue weighted by molar-refractivity contribution is -0.133. The lowest BCUT2D eigenvalue weighted by Crippen LogP contribution is -2.51. The van der Waals surface area contributed by atoms with Gasteiger partial charge in [-0.05, 0) is 25.2 Å². The minimum absolute atomic E-state index is 0.0642. The van der Waals surface area contributed by atoms with E-state index in [1.165, 1.54) is 0 Å². The summed E-state index contributed by atoms with van der Waals surface area (Å²) in [5.41, 5.74) is 1.31. The Bertz CT molecular complexity index is 479. The Kier molecular flexibility index (Phi) is 3.92. The lowest BCUT2D eigenvalue weighted by Gasteiger charge is -2.32. The molecule has 18 heavy (non-hydrogen) atoms. The first-order valence-electron chi connectivity index (χ1n) is 5.84.